The standard InChI is InChI=1S/C18H26N4O.2C2HF3O2/c1-15(22-8-10-23-11-9-22)13-21(2)14-17-12-19-18(20-17)16-6-4-3-5-7-16;2*3-2(4,5)1(6)7/h3-7,12,15H,8-11,13-14H2,1-2H3,(H,19,20);2*(H,6,7). The number of ether oxygens (including phenoxy) is 1. The minimum absolute atomic E-state index is 0.542. The van der Waals surface area contributed by atoms with Gasteiger partial charge >= 0.3 is 24.3 Å². The van der Waals surface area contributed by atoms with E-state index in [4.69, 9.17) is 24.5 Å². The van der Waals surface area contributed by atoms with E-state index < -0.39 is 24.3 Å². The fraction of sp³-hybridized carbons (Fsp3) is 0.500. The summed E-state index contributed by atoms with van der Waals surface area (Å²) in [4.78, 5) is 30.6. The van der Waals surface area contributed by atoms with E-state index in [1.165, 1.54) is 0 Å². The van der Waals surface area contributed by atoms with Gasteiger partial charge in [0.15, 0.2) is 0 Å². The second kappa shape index (κ2) is 14.5. The Hall–Kier alpha value is -3.17. The summed E-state index contributed by atoms with van der Waals surface area (Å²) in [5.74, 6) is -4.57. The number of aromatic amines is 1. The predicted octanol–water partition coefficient (Wildman–Crippen LogP) is 3.50. The van der Waals surface area contributed by atoms with Crippen molar-refractivity contribution in [2.45, 2.75) is 31.9 Å². The van der Waals surface area contributed by atoms with Crippen LogP contribution in [0.25, 0.3) is 11.4 Å². The Morgan fingerprint density at radius 1 is 1.05 bits per heavy atom. The maximum Gasteiger partial charge on any atom is 0.490 e. The molecule has 0 saturated carbocycles. The van der Waals surface area contributed by atoms with Crippen LogP contribution in [0, 0.1) is 0 Å². The number of carbonyl (C=O) groups is 2. The van der Waals surface area contributed by atoms with Gasteiger partial charge in [-0.2, -0.15) is 26.3 Å². The molecule has 1 saturated heterocycles. The number of likely N-dealkylation sites (N-methyl/N-ethyl adjacent to an activating group) is 1. The third-order valence-electron chi connectivity index (χ3n) is 4.85. The third kappa shape index (κ3) is 12.6. The van der Waals surface area contributed by atoms with Crippen LogP contribution in [0.15, 0.2) is 36.5 Å². The molecule has 37 heavy (non-hydrogen) atoms. The van der Waals surface area contributed by atoms with Crippen LogP contribution in [-0.2, 0) is 20.9 Å². The number of rotatable bonds is 6. The molecular weight excluding hydrogens is 514 g/mol. The van der Waals surface area contributed by atoms with Crippen molar-refractivity contribution < 1.29 is 50.9 Å². The minimum Gasteiger partial charge on any atom is -0.475 e. The van der Waals surface area contributed by atoms with Crippen molar-refractivity contribution in [3.8, 4) is 11.4 Å². The van der Waals surface area contributed by atoms with Gasteiger partial charge in [-0.25, -0.2) is 14.6 Å². The number of nitrogens with one attached hydrogen (secondary N) is 1. The highest BCUT2D eigenvalue weighted by molar-refractivity contribution is 5.73. The zero-order valence-electron chi connectivity index (χ0n) is 20.0. The molecule has 1 fully saturated rings. The van der Waals surface area contributed by atoms with Crippen LogP contribution in [0.4, 0.5) is 26.3 Å². The number of nitrogens with zero attached hydrogens (tertiary/aromatic N) is 3. The summed E-state index contributed by atoms with van der Waals surface area (Å²) >= 11 is 0. The maximum atomic E-state index is 10.6. The second-order valence-electron chi connectivity index (χ2n) is 7.92. The summed E-state index contributed by atoms with van der Waals surface area (Å²) in [5, 5.41) is 14.2. The van der Waals surface area contributed by atoms with Crippen molar-refractivity contribution in [3.05, 3.63) is 42.2 Å². The minimum atomic E-state index is -5.08. The van der Waals surface area contributed by atoms with Crippen LogP contribution in [-0.4, -0.2) is 100 Å². The third-order valence-corrected chi connectivity index (χ3v) is 4.85. The van der Waals surface area contributed by atoms with E-state index in [2.05, 4.69) is 45.9 Å². The Bertz CT molecular complexity index is 938. The Kier molecular flexibility index (Phi) is 12.5. The van der Waals surface area contributed by atoms with Gasteiger partial charge in [0.05, 0.1) is 13.2 Å². The van der Waals surface area contributed by atoms with Gasteiger partial charge in [0.25, 0.3) is 0 Å². The smallest absolute Gasteiger partial charge is 0.475 e. The van der Waals surface area contributed by atoms with Gasteiger partial charge in [0, 0.05) is 49.7 Å². The van der Waals surface area contributed by atoms with Crippen molar-refractivity contribution in [3.63, 3.8) is 0 Å². The second-order valence-corrected chi connectivity index (χ2v) is 7.92. The molecule has 0 amide bonds. The van der Waals surface area contributed by atoms with Gasteiger partial charge in [-0.15, -0.1) is 0 Å². The molecule has 0 bridgehead atoms. The molecule has 1 aliphatic heterocycles. The van der Waals surface area contributed by atoms with Crippen molar-refractivity contribution >= 4 is 11.9 Å². The monoisotopic (exact) mass is 542 g/mol. The summed E-state index contributed by atoms with van der Waals surface area (Å²) in [6.45, 7) is 8.01. The SMILES string of the molecule is CC(CN(C)Cc1cnc(-c2ccccc2)[nH]1)N1CCOCC1.O=C(O)C(F)(F)F.O=C(O)C(F)(F)F. The molecule has 208 valence electrons. The summed E-state index contributed by atoms with van der Waals surface area (Å²) in [6, 6.07) is 10.8. The van der Waals surface area contributed by atoms with E-state index >= 15 is 0 Å². The van der Waals surface area contributed by atoms with Crippen molar-refractivity contribution in [2.75, 3.05) is 39.9 Å². The van der Waals surface area contributed by atoms with Gasteiger partial charge in [0.2, 0.25) is 0 Å². The van der Waals surface area contributed by atoms with Crippen molar-refractivity contribution in [1.29, 1.82) is 0 Å². The average Bonchev–Trinajstić information content (AvgIpc) is 3.28. The molecular formula is C22H28F6N4O5. The number of aliphatic carboxylic acids is 2. The first kappa shape index (κ1) is 31.9. The Morgan fingerprint density at radius 2 is 1.54 bits per heavy atom. The molecule has 2 aromatic rings. The fourth-order valence-electron chi connectivity index (χ4n) is 3.12. The number of alkyl halides is 6. The summed E-state index contributed by atoms with van der Waals surface area (Å²) in [5.41, 5.74) is 2.28. The Morgan fingerprint density at radius 3 is 2.00 bits per heavy atom. The lowest BCUT2D eigenvalue weighted by Crippen LogP contribution is -2.46. The summed E-state index contributed by atoms with van der Waals surface area (Å²) < 4.78 is 68.9. The lowest BCUT2D eigenvalue weighted by molar-refractivity contribution is -0.193. The van der Waals surface area contributed by atoms with E-state index in [1.807, 2.05) is 24.4 Å². The van der Waals surface area contributed by atoms with Crippen LogP contribution in [0.1, 0.15) is 12.6 Å². The molecule has 15 heteroatoms. The quantitative estimate of drug-likeness (QED) is 0.475. The molecule has 9 nitrogen and oxygen atoms in total. The Labute approximate surface area is 208 Å². The summed E-state index contributed by atoms with van der Waals surface area (Å²) in [6.07, 6.45) is -8.22. The number of carboxylic acid groups (broad SMARTS) is 2. The van der Waals surface area contributed by atoms with Crippen molar-refractivity contribution in [1.82, 2.24) is 19.8 Å². The normalized spacial score (nSPS) is 15.2. The molecule has 1 atom stereocenters. The first-order valence-corrected chi connectivity index (χ1v) is 10.8. The van der Waals surface area contributed by atoms with E-state index in [-0.39, 0.29) is 0 Å². The number of aromatic nitrogens is 2. The molecule has 0 radical (unpaired) electrons. The molecule has 2 heterocycles. The molecule has 3 rings (SSSR count). The molecule has 0 spiro atoms. The van der Waals surface area contributed by atoms with Gasteiger partial charge in [0.1, 0.15) is 5.82 Å². The lowest BCUT2D eigenvalue weighted by atomic mass is 10.2. The average molecular weight is 542 g/mol. The number of carboxylic acids is 2. The van der Waals surface area contributed by atoms with Crippen LogP contribution in [0.2, 0.25) is 0 Å². The van der Waals surface area contributed by atoms with Gasteiger partial charge in [-0.1, -0.05) is 30.3 Å². The van der Waals surface area contributed by atoms with Gasteiger partial charge in [-0.05, 0) is 14.0 Å². The highest BCUT2D eigenvalue weighted by Crippen LogP contribution is 2.16. The molecule has 0 aliphatic carbocycles. The van der Waals surface area contributed by atoms with E-state index in [9.17, 15) is 26.3 Å². The number of morpholine rings is 1. The molecule has 1 aliphatic rings. The highest BCUT2D eigenvalue weighted by atomic mass is 19.4. The maximum absolute atomic E-state index is 10.6. The number of halogens is 6. The molecule has 1 aromatic carbocycles. The van der Waals surface area contributed by atoms with Crippen LogP contribution < -0.4 is 0 Å². The number of hydrogen-bond donors (Lipinski definition) is 3. The van der Waals surface area contributed by atoms with E-state index in [0.717, 1.165) is 56.5 Å². The van der Waals surface area contributed by atoms with E-state index in [0.29, 0.717) is 6.04 Å². The first-order valence-electron chi connectivity index (χ1n) is 10.8. The molecule has 1 unspecified atom stereocenters. The van der Waals surface area contributed by atoms with Crippen LogP contribution >= 0.6 is 0 Å². The fourth-order valence-corrected chi connectivity index (χ4v) is 3.12. The largest absolute Gasteiger partial charge is 0.490 e. The number of hydrogen-bond acceptors (Lipinski definition) is 6. The van der Waals surface area contributed by atoms with E-state index in [1.54, 1.807) is 0 Å². The number of imidazole rings is 1. The molecule has 1 aromatic heterocycles. The Balaban J connectivity index is 0.000000404. The number of benzene rings is 1. The van der Waals surface area contributed by atoms with Crippen molar-refractivity contribution in [2.24, 2.45) is 0 Å². The lowest BCUT2D eigenvalue weighted by Gasteiger charge is -2.34. The topological polar surface area (TPSA) is 119 Å². The molecule has 3 N–H and O–H groups in total. The van der Waals surface area contributed by atoms with Crippen LogP contribution in [0.5, 0.6) is 0 Å². The van der Waals surface area contributed by atoms with Gasteiger partial charge < -0.3 is 19.9 Å². The zero-order valence-corrected chi connectivity index (χ0v) is 20.0. The highest BCUT2D eigenvalue weighted by Gasteiger charge is 2.38. The zero-order chi connectivity index (χ0) is 28.2. The summed E-state index contributed by atoms with van der Waals surface area (Å²) in [7, 11) is 2.17. The number of H-pyrrole nitrogens is 1. The first-order chi connectivity index (χ1) is 17.1. The van der Waals surface area contributed by atoms with Gasteiger partial charge in [-0.3, -0.25) is 9.80 Å². The predicted molar refractivity (Wildman–Crippen MR) is 120 cm³/mol. The van der Waals surface area contributed by atoms with Crippen LogP contribution in [0.3, 0.4) is 0 Å².